The summed E-state index contributed by atoms with van der Waals surface area (Å²) in [4.78, 5) is 15.7. The van der Waals surface area contributed by atoms with Crippen molar-refractivity contribution in [3.8, 4) is 0 Å². The van der Waals surface area contributed by atoms with Crippen LogP contribution in [0.25, 0.3) is 0 Å². The minimum absolute atomic E-state index is 0.0217. The highest BCUT2D eigenvalue weighted by atomic mass is 16.1. The third-order valence-electron chi connectivity index (χ3n) is 2.44. The number of nitrogens with zero attached hydrogens (tertiary/aromatic N) is 1. The number of hydrogen-bond donors (Lipinski definition) is 2. The number of Topliss-reactive ketones (excluding diaryl/α,β-unsaturated/α-hetero) is 1. The van der Waals surface area contributed by atoms with Crippen LogP contribution >= 0.6 is 0 Å². The van der Waals surface area contributed by atoms with E-state index in [2.05, 4.69) is 4.98 Å². The average molecular weight is 221 g/mol. The van der Waals surface area contributed by atoms with E-state index in [1.807, 2.05) is 13.8 Å². The Kier molecular flexibility index (Phi) is 4.43. The first-order valence-electron chi connectivity index (χ1n) is 5.47. The molecule has 1 atom stereocenters. The maximum absolute atomic E-state index is 11.8. The van der Waals surface area contributed by atoms with Gasteiger partial charge in [-0.05, 0) is 18.4 Å². The molecule has 1 heterocycles. The molecule has 0 bridgehead atoms. The van der Waals surface area contributed by atoms with E-state index in [-0.39, 0.29) is 12.2 Å². The number of anilines is 1. The molecule has 1 unspecified atom stereocenters. The minimum Gasteiger partial charge on any atom is -0.398 e. The lowest BCUT2D eigenvalue weighted by Gasteiger charge is -2.13. The monoisotopic (exact) mass is 221 g/mol. The summed E-state index contributed by atoms with van der Waals surface area (Å²) in [6.45, 7) is 4.09. The van der Waals surface area contributed by atoms with E-state index >= 15 is 0 Å². The topological polar surface area (TPSA) is 82.0 Å². The highest BCUT2D eigenvalue weighted by Gasteiger charge is 2.16. The second-order valence-corrected chi connectivity index (χ2v) is 4.45. The fourth-order valence-electron chi connectivity index (χ4n) is 1.54. The van der Waals surface area contributed by atoms with Gasteiger partial charge in [-0.2, -0.15) is 0 Å². The molecule has 16 heavy (non-hydrogen) atoms. The number of aromatic nitrogens is 1. The first kappa shape index (κ1) is 12.6. The molecular weight excluding hydrogens is 202 g/mol. The highest BCUT2D eigenvalue weighted by Crippen LogP contribution is 2.12. The van der Waals surface area contributed by atoms with Gasteiger partial charge in [0.25, 0.3) is 0 Å². The molecule has 0 fully saturated rings. The Hall–Kier alpha value is -1.42. The summed E-state index contributed by atoms with van der Waals surface area (Å²) >= 11 is 0. The lowest BCUT2D eigenvalue weighted by Crippen LogP contribution is -2.33. The van der Waals surface area contributed by atoms with Gasteiger partial charge >= 0.3 is 0 Å². The van der Waals surface area contributed by atoms with Crippen LogP contribution in [-0.2, 0) is 11.2 Å². The molecule has 1 aromatic heterocycles. The van der Waals surface area contributed by atoms with E-state index in [9.17, 15) is 4.79 Å². The zero-order valence-electron chi connectivity index (χ0n) is 9.81. The molecule has 0 radical (unpaired) electrons. The molecule has 1 rings (SSSR count). The predicted molar refractivity (Wildman–Crippen MR) is 64.8 cm³/mol. The molecule has 0 aliphatic carbocycles. The van der Waals surface area contributed by atoms with Crippen molar-refractivity contribution in [3.05, 3.63) is 24.0 Å². The van der Waals surface area contributed by atoms with Gasteiger partial charge in [-0.3, -0.25) is 9.78 Å². The molecule has 0 spiro atoms. The first-order valence-corrected chi connectivity index (χ1v) is 5.47. The molecule has 4 nitrogen and oxygen atoms in total. The zero-order valence-corrected chi connectivity index (χ0v) is 9.81. The van der Waals surface area contributed by atoms with E-state index in [0.717, 1.165) is 5.56 Å². The highest BCUT2D eigenvalue weighted by molar-refractivity contribution is 5.86. The summed E-state index contributed by atoms with van der Waals surface area (Å²) in [6.07, 6.45) is 4.21. The Morgan fingerprint density at radius 1 is 1.50 bits per heavy atom. The van der Waals surface area contributed by atoms with Crippen molar-refractivity contribution in [1.29, 1.82) is 0 Å². The Morgan fingerprint density at radius 3 is 2.75 bits per heavy atom. The Bertz CT molecular complexity index is 363. The molecule has 0 aromatic carbocycles. The smallest absolute Gasteiger partial charge is 0.154 e. The van der Waals surface area contributed by atoms with Crippen molar-refractivity contribution in [2.75, 3.05) is 5.73 Å². The summed E-state index contributed by atoms with van der Waals surface area (Å²) < 4.78 is 0. The van der Waals surface area contributed by atoms with Crippen molar-refractivity contribution in [1.82, 2.24) is 4.98 Å². The number of rotatable bonds is 5. The maximum atomic E-state index is 11.8. The van der Waals surface area contributed by atoms with Crippen LogP contribution in [0.2, 0.25) is 0 Å². The summed E-state index contributed by atoms with van der Waals surface area (Å²) in [5.41, 5.74) is 12.9. The molecule has 4 heteroatoms. The van der Waals surface area contributed by atoms with Crippen molar-refractivity contribution in [3.63, 3.8) is 0 Å². The van der Waals surface area contributed by atoms with E-state index < -0.39 is 6.04 Å². The second kappa shape index (κ2) is 5.61. The van der Waals surface area contributed by atoms with Gasteiger partial charge in [0.1, 0.15) is 0 Å². The summed E-state index contributed by atoms with van der Waals surface area (Å²) in [6, 6.07) is 1.29. The number of carbonyl (C=O) groups is 1. The Balaban J connectivity index is 2.61. The van der Waals surface area contributed by atoms with Crippen LogP contribution < -0.4 is 11.5 Å². The molecule has 0 aliphatic heterocycles. The average Bonchev–Trinajstić information content (AvgIpc) is 2.20. The van der Waals surface area contributed by atoms with Crippen molar-refractivity contribution >= 4 is 11.5 Å². The first-order chi connectivity index (χ1) is 7.50. The lowest BCUT2D eigenvalue weighted by atomic mass is 9.97. The van der Waals surface area contributed by atoms with Crippen molar-refractivity contribution in [2.45, 2.75) is 32.7 Å². The molecule has 4 N–H and O–H groups in total. The minimum atomic E-state index is -0.403. The van der Waals surface area contributed by atoms with Crippen LogP contribution in [0.3, 0.4) is 0 Å². The predicted octanol–water partition coefficient (Wildman–Crippen LogP) is 1.15. The van der Waals surface area contributed by atoms with Gasteiger partial charge in [0.05, 0.1) is 6.04 Å². The van der Waals surface area contributed by atoms with Gasteiger partial charge < -0.3 is 11.5 Å². The van der Waals surface area contributed by atoms with Gasteiger partial charge in [-0.25, -0.2) is 0 Å². The SMILES string of the molecule is CC(C)CC(N)C(=O)Cc1cnccc1N. The fourth-order valence-corrected chi connectivity index (χ4v) is 1.54. The zero-order chi connectivity index (χ0) is 12.1. The van der Waals surface area contributed by atoms with Gasteiger partial charge in [-0.15, -0.1) is 0 Å². The van der Waals surface area contributed by atoms with Gasteiger partial charge in [0.2, 0.25) is 0 Å². The van der Waals surface area contributed by atoms with Crippen LogP contribution in [0.1, 0.15) is 25.8 Å². The van der Waals surface area contributed by atoms with E-state index in [4.69, 9.17) is 11.5 Å². The van der Waals surface area contributed by atoms with Crippen molar-refractivity contribution < 1.29 is 4.79 Å². The third kappa shape index (κ3) is 3.62. The molecule has 0 saturated heterocycles. The number of nitrogens with two attached hydrogens (primary N) is 2. The number of pyridine rings is 1. The second-order valence-electron chi connectivity index (χ2n) is 4.45. The number of nitrogen functional groups attached to an aromatic ring is 1. The van der Waals surface area contributed by atoms with Crippen LogP contribution in [0, 0.1) is 5.92 Å². The molecular formula is C12H19N3O. The summed E-state index contributed by atoms with van der Waals surface area (Å²) in [5.74, 6) is 0.443. The van der Waals surface area contributed by atoms with Crippen molar-refractivity contribution in [2.24, 2.45) is 11.7 Å². The Labute approximate surface area is 96.0 Å². The van der Waals surface area contributed by atoms with Gasteiger partial charge in [0, 0.05) is 30.1 Å². The quantitative estimate of drug-likeness (QED) is 0.781. The van der Waals surface area contributed by atoms with Crippen LogP contribution in [0.4, 0.5) is 5.69 Å². The molecule has 0 amide bonds. The largest absolute Gasteiger partial charge is 0.398 e. The lowest BCUT2D eigenvalue weighted by molar-refractivity contribution is -0.120. The molecule has 88 valence electrons. The Morgan fingerprint density at radius 2 is 2.19 bits per heavy atom. The number of ketones is 1. The third-order valence-corrected chi connectivity index (χ3v) is 2.44. The van der Waals surface area contributed by atoms with E-state index in [1.54, 1.807) is 18.5 Å². The standard InChI is InChI=1S/C12H19N3O/c1-8(2)5-11(14)12(16)6-9-7-15-4-3-10(9)13/h3-4,7-8,11H,5-6,14H2,1-2H3,(H2,13,15). The summed E-state index contributed by atoms with van der Waals surface area (Å²) in [5, 5.41) is 0. The maximum Gasteiger partial charge on any atom is 0.154 e. The van der Waals surface area contributed by atoms with Gasteiger partial charge in [0.15, 0.2) is 5.78 Å². The van der Waals surface area contributed by atoms with E-state index in [0.29, 0.717) is 18.0 Å². The van der Waals surface area contributed by atoms with Gasteiger partial charge in [-0.1, -0.05) is 13.8 Å². The molecule has 0 saturated carbocycles. The number of carbonyl (C=O) groups excluding carboxylic acids is 1. The number of hydrogen-bond acceptors (Lipinski definition) is 4. The summed E-state index contributed by atoms with van der Waals surface area (Å²) in [7, 11) is 0. The molecule has 0 aliphatic rings. The normalized spacial score (nSPS) is 12.8. The molecule has 1 aromatic rings. The van der Waals surface area contributed by atoms with Crippen LogP contribution in [0.15, 0.2) is 18.5 Å². The van der Waals surface area contributed by atoms with Crippen LogP contribution in [0.5, 0.6) is 0 Å². The van der Waals surface area contributed by atoms with E-state index in [1.165, 1.54) is 0 Å². The van der Waals surface area contributed by atoms with Crippen LogP contribution in [-0.4, -0.2) is 16.8 Å². The fraction of sp³-hybridized carbons (Fsp3) is 0.500.